The van der Waals surface area contributed by atoms with Crippen LogP contribution in [-0.2, 0) is 47.9 Å². The molecular formula is C54H87N7O10. The molecule has 3 aliphatic heterocycles. The van der Waals surface area contributed by atoms with Crippen LogP contribution in [0.4, 0.5) is 0 Å². The van der Waals surface area contributed by atoms with Crippen molar-refractivity contribution >= 4 is 41.4 Å². The zero-order valence-corrected chi connectivity index (χ0v) is 44.9. The second kappa shape index (κ2) is 28.5. The minimum Gasteiger partial charge on any atom is -0.379 e. The smallest absolute Gasteiger partial charge is 0.269 e. The number of hydrogen-bond acceptors (Lipinski definition) is 11. The lowest BCUT2D eigenvalue weighted by Crippen LogP contribution is -2.60. The average Bonchev–Trinajstić information content (AvgIpc) is 3.98. The largest absolute Gasteiger partial charge is 0.379 e. The van der Waals surface area contributed by atoms with Crippen LogP contribution in [-0.4, -0.2) is 170 Å². The van der Waals surface area contributed by atoms with Crippen LogP contribution in [0.5, 0.6) is 0 Å². The molecule has 7 amide bonds. The van der Waals surface area contributed by atoms with Crippen LogP contribution in [0.3, 0.4) is 0 Å². The van der Waals surface area contributed by atoms with E-state index in [1.54, 1.807) is 38.0 Å². The van der Waals surface area contributed by atoms with E-state index in [1.807, 2.05) is 90.7 Å². The number of unbranched alkanes of at least 4 members (excludes halogenated alkanes) is 3. The predicted octanol–water partition coefficient (Wildman–Crippen LogP) is 5.33. The number of amides is 7. The summed E-state index contributed by atoms with van der Waals surface area (Å²) >= 11 is 0. The molecule has 398 valence electrons. The fourth-order valence-electron chi connectivity index (χ4n) is 10.6. The number of hydroxylamine groups is 2. The van der Waals surface area contributed by atoms with E-state index in [1.165, 1.54) is 22.1 Å². The van der Waals surface area contributed by atoms with E-state index in [-0.39, 0.29) is 71.4 Å². The summed E-state index contributed by atoms with van der Waals surface area (Å²) in [6, 6.07) is 6.41. The maximum Gasteiger partial charge on any atom is 0.269 e. The molecule has 3 aliphatic rings. The molecule has 10 atom stereocenters. The molecule has 4 rings (SSSR count). The Hall–Kier alpha value is -4.71. The molecule has 17 heteroatoms. The van der Waals surface area contributed by atoms with Gasteiger partial charge in [-0.3, -0.25) is 48.2 Å². The van der Waals surface area contributed by atoms with Crippen LogP contribution < -0.4 is 10.6 Å². The van der Waals surface area contributed by atoms with E-state index >= 15 is 0 Å². The quantitative estimate of drug-likeness (QED) is 0.0817. The second-order valence-corrected chi connectivity index (χ2v) is 20.7. The normalized spacial score (nSPS) is 20.2. The molecule has 0 radical (unpaired) electrons. The number of imide groups is 1. The van der Waals surface area contributed by atoms with Gasteiger partial charge in [-0.15, -0.1) is 0 Å². The standard InChI is InChI=1S/C54H87N7O10/c1-13-37(6)49(58(10)53(67)46(35(2)3)55-52(66)48(36(4)5)57(9)29-19-14-15-20-30-60-43(62)27-28-44(60)63)42(69-11)34-45(64)59-31-23-26-41(59)50(70-12)39(8)51(65)56-47(38(7)40-24-17-16-18-25-40)54(68)61-32-21-22-33-71-61/h16-18,24-25,27-28,35-39,41-42,46-50H,13-15,19-23,26,29-34H2,1-12H3,(H,55,66)(H,56,65)/t37?,38?,39?,41-,42?,46?,47?,48?,49?,50?/m0/s1. The Morgan fingerprint density at radius 2 is 1.44 bits per heavy atom. The van der Waals surface area contributed by atoms with Gasteiger partial charge in [-0.25, -0.2) is 5.06 Å². The van der Waals surface area contributed by atoms with Crippen LogP contribution in [0.15, 0.2) is 42.5 Å². The van der Waals surface area contributed by atoms with Crippen molar-refractivity contribution in [2.45, 2.75) is 168 Å². The lowest BCUT2D eigenvalue weighted by atomic mass is 9.89. The molecule has 17 nitrogen and oxygen atoms in total. The predicted molar refractivity (Wildman–Crippen MR) is 272 cm³/mol. The molecule has 1 aromatic rings. The summed E-state index contributed by atoms with van der Waals surface area (Å²) in [5.41, 5.74) is 0.902. The molecule has 0 aromatic heterocycles. The second-order valence-electron chi connectivity index (χ2n) is 20.7. The molecule has 0 spiro atoms. The number of methoxy groups -OCH3 is 2. The minimum absolute atomic E-state index is 0.0255. The van der Waals surface area contributed by atoms with E-state index in [4.69, 9.17) is 14.3 Å². The van der Waals surface area contributed by atoms with Gasteiger partial charge in [0.05, 0.1) is 49.3 Å². The number of carbonyl (C=O) groups excluding carboxylic acids is 7. The summed E-state index contributed by atoms with van der Waals surface area (Å²) in [7, 11) is 6.74. The number of nitrogens with one attached hydrogen (secondary N) is 2. The molecule has 2 saturated heterocycles. The summed E-state index contributed by atoms with van der Waals surface area (Å²) in [6.07, 6.45) is 8.12. The number of benzene rings is 1. The SMILES string of the molecule is CCC(C)C(C(CC(=O)N1CCC[C@H]1C(OC)C(C)C(=O)NC(C(=O)N1CCCCO1)C(C)c1ccccc1)OC)N(C)C(=O)C(NC(=O)C(C(C)C)N(C)CCCCCCN1C(=O)C=CC1=O)C(C)C. The van der Waals surface area contributed by atoms with E-state index in [0.29, 0.717) is 58.5 Å². The Balaban J connectivity index is 1.43. The monoisotopic (exact) mass is 994 g/mol. The third-order valence-electron chi connectivity index (χ3n) is 15.0. The highest BCUT2D eigenvalue weighted by Crippen LogP contribution is 2.31. The van der Waals surface area contributed by atoms with Gasteiger partial charge in [0.25, 0.3) is 17.7 Å². The number of likely N-dealkylation sites (tertiary alicyclic amines) is 1. The molecule has 2 N–H and O–H groups in total. The topological polar surface area (TPSA) is 187 Å². The van der Waals surface area contributed by atoms with E-state index in [0.717, 1.165) is 37.7 Å². The summed E-state index contributed by atoms with van der Waals surface area (Å²) in [5, 5.41) is 7.55. The van der Waals surface area contributed by atoms with Crippen molar-refractivity contribution in [1.82, 2.24) is 35.3 Å². The summed E-state index contributed by atoms with van der Waals surface area (Å²) in [6.45, 7) is 17.9. The first kappa shape index (κ1) is 58.9. The van der Waals surface area contributed by atoms with E-state index in [2.05, 4.69) is 10.6 Å². The number of hydrogen-bond donors (Lipinski definition) is 2. The van der Waals surface area contributed by atoms with Gasteiger partial charge >= 0.3 is 0 Å². The minimum atomic E-state index is -0.897. The molecule has 3 heterocycles. The molecule has 0 saturated carbocycles. The van der Waals surface area contributed by atoms with Gasteiger partial charge in [0, 0.05) is 59.0 Å². The van der Waals surface area contributed by atoms with Crippen molar-refractivity contribution < 1.29 is 47.9 Å². The van der Waals surface area contributed by atoms with Crippen LogP contribution in [0, 0.1) is 23.7 Å². The highest BCUT2D eigenvalue weighted by molar-refractivity contribution is 6.12. The Morgan fingerprint density at radius 1 is 0.789 bits per heavy atom. The number of rotatable bonds is 28. The number of carbonyl (C=O) groups is 7. The molecule has 71 heavy (non-hydrogen) atoms. The molecule has 0 bridgehead atoms. The lowest BCUT2D eigenvalue weighted by Gasteiger charge is -2.41. The van der Waals surface area contributed by atoms with Gasteiger partial charge in [0.1, 0.15) is 12.1 Å². The van der Waals surface area contributed by atoms with Crippen LogP contribution in [0.1, 0.15) is 131 Å². The molecule has 0 aliphatic carbocycles. The summed E-state index contributed by atoms with van der Waals surface area (Å²) < 4.78 is 12.2. The van der Waals surface area contributed by atoms with Crippen molar-refractivity contribution in [3.63, 3.8) is 0 Å². The highest BCUT2D eigenvalue weighted by atomic mass is 16.7. The zero-order valence-electron chi connectivity index (χ0n) is 44.9. The molecular weight excluding hydrogens is 907 g/mol. The van der Waals surface area contributed by atoms with Crippen LogP contribution in [0.25, 0.3) is 0 Å². The fraction of sp³-hybridized carbons (Fsp3) is 0.722. The van der Waals surface area contributed by atoms with Crippen molar-refractivity contribution in [3.8, 4) is 0 Å². The number of likely N-dealkylation sites (N-methyl/N-ethyl adjacent to an activating group) is 2. The highest BCUT2D eigenvalue weighted by Gasteiger charge is 2.44. The van der Waals surface area contributed by atoms with Crippen molar-refractivity contribution in [2.75, 3.05) is 61.1 Å². The molecule has 9 unspecified atom stereocenters. The van der Waals surface area contributed by atoms with Crippen LogP contribution >= 0.6 is 0 Å². The Labute approximate surface area is 424 Å². The maximum absolute atomic E-state index is 14.7. The van der Waals surface area contributed by atoms with Gasteiger partial charge in [-0.2, -0.15) is 0 Å². The molecule has 2 fully saturated rings. The van der Waals surface area contributed by atoms with Crippen molar-refractivity contribution in [3.05, 3.63) is 48.0 Å². The van der Waals surface area contributed by atoms with Gasteiger partial charge in [-0.1, -0.05) is 105 Å². The first-order chi connectivity index (χ1) is 33.8. The fourth-order valence-corrected chi connectivity index (χ4v) is 10.6. The van der Waals surface area contributed by atoms with Gasteiger partial charge in [0.15, 0.2) is 0 Å². The zero-order chi connectivity index (χ0) is 52.5. The average molecular weight is 994 g/mol. The first-order valence-electron chi connectivity index (χ1n) is 26.2. The third kappa shape index (κ3) is 15.6. The number of nitrogens with zero attached hydrogens (tertiary/aromatic N) is 5. The van der Waals surface area contributed by atoms with Gasteiger partial charge in [0.2, 0.25) is 23.6 Å². The van der Waals surface area contributed by atoms with Gasteiger partial charge in [-0.05, 0) is 75.4 Å². The van der Waals surface area contributed by atoms with E-state index in [9.17, 15) is 33.6 Å². The Morgan fingerprint density at radius 3 is 2.01 bits per heavy atom. The molecule has 1 aromatic carbocycles. The summed E-state index contributed by atoms with van der Waals surface area (Å²) in [5.74, 6) is -3.38. The Kier molecular flexibility index (Phi) is 23.6. The summed E-state index contributed by atoms with van der Waals surface area (Å²) in [4.78, 5) is 108. The lowest BCUT2D eigenvalue weighted by molar-refractivity contribution is -0.200. The van der Waals surface area contributed by atoms with Crippen LogP contribution in [0.2, 0.25) is 0 Å². The maximum atomic E-state index is 14.7. The number of ether oxygens (including phenoxy) is 2. The Bertz CT molecular complexity index is 1920. The third-order valence-corrected chi connectivity index (χ3v) is 15.0. The van der Waals surface area contributed by atoms with Crippen molar-refractivity contribution in [2.24, 2.45) is 23.7 Å². The van der Waals surface area contributed by atoms with Crippen molar-refractivity contribution in [1.29, 1.82) is 0 Å². The first-order valence-corrected chi connectivity index (χ1v) is 26.2. The van der Waals surface area contributed by atoms with E-state index < -0.39 is 48.3 Å². The van der Waals surface area contributed by atoms with Gasteiger partial charge < -0.3 is 29.9 Å².